The van der Waals surface area contributed by atoms with Crippen LogP contribution in [0, 0.1) is 5.82 Å². The molecule has 0 unspecified atom stereocenters. The highest BCUT2D eigenvalue weighted by Gasteiger charge is 2.34. The minimum atomic E-state index is -3.08. The van der Waals surface area contributed by atoms with Crippen molar-refractivity contribution in [3.63, 3.8) is 0 Å². The molecular formula is C24H23F3N6O5. The van der Waals surface area contributed by atoms with Crippen LogP contribution in [-0.2, 0) is 22.6 Å². The van der Waals surface area contributed by atoms with E-state index in [9.17, 15) is 28.0 Å². The molecule has 2 aromatic heterocycles. The van der Waals surface area contributed by atoms with Crippen molar-refractivity contribution in [2.45, 2.75) is 38.5 Å². The zero-order chi connectivity index (χ0) is 27.0. The van der Waals surface area contributed by atoms with Gasteiger partial charge in [-0.05, 0) is 36.8 Å². The van der Waals surface area contributed by atoms with Crippen LogP contribution in [0.1, 0.15) is 12.8 Å². The van der Waals surface area contributed by atoms with Crippen molar-refractivity contribution in [2.24, 2.45) is 0 Å². The van der Waals surface area contributed by atoms with Gasteiger partial charge in [0, 0.05) is 31.9 Å². The smallest absolute Gasteiger partial charge is 0.414 e. The Bertz CT molecular complexity index is 1450. The average molecular weight is 532 g/mol. The molecule has 200 valence electrons. The van der Waals surface area contributed by atoms with Gasteiger partial charge in [0.2, 0.25) is 0 Å². The molecule has 5 rings (SSSR count). The Labute approximate surface area is 213 Å². The summed E-state index contributed by atoms with van der Waals surface area (Å²) in [6, 6.07) is 7.31. The van der Waals surface area contributed by atoms with Gasteiger partial charge in [0.25, 0.3) is 6.43 Å². The van der Waals surface area contributed by atoms with E-state index < -0.39 is 48.0 Å². The molecule has 0 N–H and O–H groups in total. The molecule has 1 saturated heterocycles. The highest BCUT2D eigenvalue weighted by molar-refractivity contribution is 5.90. The van der Waals surface area contributed by atoms with Crippen molar-refractivity contribution in [1.29, 1.82) is 0 Å². The van der Waals surface area contributed by atoms with Gasteiger partial charge in [-0.1, -0.05) is 0 Å². The summed E-state index contributed by atoms with van der Waals surface area (Å²) in [6.07, 6.45) is -2.10. The molecule has 2 aliphatic heterocycles. The number of alkyl halides is 2. The van der Waals surface area contributed by atoms with E-state index in [1.807, 2.05) is 0 Å². The number of halogens is 3. The Morgan fingerprint density at radius 1 is 0.974 bits per heavy atom. The molecule has 2 aliphatic rings. The molecule has 14 heteroatoms. The fraction of sp³-hybridized carbons (Fsp3) is 0.375. The van der Waals surface area contributed by atoms with Crippen molar-refractivity contribution in [1.82, 2.24) is 18.9 Å². The lowest BCUT2D eigenvalue weighted by Gasteiger charge is -2.23. The molecule has 4 heterocycles. The number of hydrogen-bond donors (Lipinski definition) is 0. The van der Waals surface area contributed by atoms with Crippen LogP contribution in [0.25, 0.3) is 5.69 Å². The van der Waals surface area contributed by atoms with Gasteiger partial charge in [0.1, 0.15) is 11.9 Å². The van der Waals surface area contributed by atoms with Gasteiger partial charge < -0.3 is 9.64 Å². The third kappa shape index (κ3) is 4.68. The van der Waals surface area contributed by atoms with Gasteiger partial charge in [-0.3, -0.25) is 14.7 Å². The van der Waals surface area contributed by atoms with Crippen LogP contribution in [0.15, 0.2) is 52.3 Å². The average Bonchev–Trinajstić information content (AvgIpc) is 3.27. The summed E-state index contributed by atoms with van der Waals surface area (Å²) in [5.41, 5.74) is -0.151. The SMILES string of the molecule is O=C(CC[C@H]1CN(c2ccc(N3CCn4c(=O)n(-c5ccncc5)c(=O)n4CC3)c(F)c2)C(=O)O1)C(F)F. The first-order valence-electron chi connectivity index (χ1n) is 11.9. The molecule has 0 bridgehead atoms. The van der Waals surface area contributed by atoms with Crippen LogP contribution in [-0.4, -0.2) is 63.0 Å². The van der Waals surface area contributed by atoms with Crippen molar-refractivity contribution in [3.8, 4) is 5.69 Å². The van der Waals surface area contributed by atoms with Crippen LogP contribution < -0.4 is 21.2 Å². The first kappa shape index (κ1) is 25.3. The maximum absolute atomic E-state index is 15.2. The normalized spacial score (nSPS) is 17.5. The largest absolute Gasteiger partial charge is 0.444 e. The molecule has 0 aliphatic carbocycles. The lowest BCUT2D eigenvalue weighted by Crippen LogP contribution is -2.33. The van der Waals surface area contributed by atoms with E-state index in [-0.39, 0.29) is 50.5 Å². The van der Waals surface area contributed by atoms with Crippen molar-refractivity contribution < 1.29 is 27.5 Å². The number of anilines is 2. The van der Waals surface area contributed by atoms with Crippen molar-refractivity contribution in [2.75, 3.05) is 29.4 Å². The van der Waals surface area contributed by atoms with Crippen LogP contribution in [0.3, 0.4) is 0 Å². The van der Waals surface area contributed by atoms with E-state index in [1.165, 1.54) is 38.8 Å². The molecule has 3 aromatic rings. The number of aromatic nitrogens is 4. The number of rotatable bonds is 7. The predicted octanol–water partition coefficient (Wildman–Crippen LogP) is 1.79. The Hall–Kier alpha value is -4.36. The molecule has 0 saturated carbocycles. The number of nitrogens with zero attached hydrogens (tertiary/aromatic N) is 6. The Morgan fingerprint density at radius 2 is 1.63 bits per heavy atom. The minimum Gasteiger partial charge on any atom is -0.444 e. The lowest BCUT2D eigenvalue weighted by atomic mass is 10.1. The second-order valence-corrected chi connectivity index (χ2v) is 8.90. The summed E-state index contributed by atoms with van der Waals surface area (Å²) in [6.45, 7) is 0.791. The maximum Gasteiger partial charge on any atom is 0.414 e. The molecule has 1 atom stereocenters. The number of carbonyl (C=O) groups excluding carboxylic acids is 2. The second-order valence-electron chi connectivity index (χ2n) is 8.90. The van der Waals surface area contributed by atoms with Crippen LogP contribution in [0.5, 0.6) is 0 Å². The third-order valence-corrected chi connectivity index (χ3v) is 6.61. The highest BCUT2D eigenvalue weighted by atomic mass is 19.3. The molecule has 11 nitrogen and oxygen atoms in total. The van der Waals surface area contributed by atoms with Gasteiger partial charge in [-0.15, -0.1) is 0 Å². The fourth-order valence-electron chi connectivity index (χ4n) is 4.66. The van der Waals surface area contributed by atoms with Gasteiger partial charge >= 0.3 is 17.5 Å². The number of Topliss-reactive ketones (excluding diaryl/α,β-unsaturated/α-hetero) is 1. The number of pyridine rings is 1. The summed E-state index contributed by atoms with van der Waals surface area (Å²) in [4.78, 5) is 56.1. The van der Waals surface area contributed by atoms with E-state index in [0.717, 1.165) is 10.6 Å². The monoisotopic (exact) mass is 532 g/mol. The molecule has 38 heavy (non-hydrogen) atoms. The summed E-state index contributed by atoms with van der Waals surface area (Å²) in [7, 11) is 0. The van der Waals surface area contributed by atoms with Gasteiger partial charge in [0.05, 0.1) is 36.7 Å². The molecule has 0 radical (unpaired) electrons. The zero-order valence-electron chi connectivity index (χ0n) is 20.0. The number of cyclic esters (lactones) is 1. The number of carbonyl (C=O) groups is 2. The highest BCUT2D eigenvalue weighted by Crippen LogP contribution is 2.29. The number of amides is 1. The number of ether oxygens (including phenoxy) is 1. The fourth-order valence-corrected chi connectivity index (χ4v) is 4.66. The van der Waals surface area contributed by atoms with E-state index in [2.05, 4.69) is 4.98 Å². The Kier molecular flexibility index (Phi) is 6.78. The molecule has 1 aromatic carbocycles. The number of ketones is 1. The standard InChI is InChI=1S/C24H23F3N6O5/c25-18-13-16(30-14-17(38-24(30)37)2-4-20(34)21(26)27)1-3-19(18)29-9-11-31-22(35)33(15-5-7-28-8-6-15)23(36)32(31)12-10-29/h1,3,5-8,13,17,21H,2,4,9-12,14H2/t17-/m0/s1. The van der Waals surface area contributed by atoms with Gasteiger partial charge in [-0.25, -0.2) is 41.5 Å². The Balaban J connectivity index is 1.29. The molecule has 1 fully saturated rings. The lowest BCUT2D eigenvalue weighted by molar-refractivity contribution is -0.129. The summed E-state index contributed by atoms with van der Waals surface area (Å²) >= 11 is 0. The topological polar surface area (TPSA) is 112 Å². The predicted molar refractivity (Wildman–Crippen MR) is 129 cm³/mol. The van der Waals surface area contributed by atoms with E-state index in [1.54, 1.807) is 17.0 Å². The second kappa shape index (κ2) is 10.2. The quantitative estimate of drug-likeness (QED) is 0.456. The van der Waals surface area contributed by atoms with Gasteiger partial charge in [0.15, 0.2) is 5.78 Å². The minimum absolute atomic E-state index is 0.0000274. The van der Waals surface area contributed by atoms with Gasteiger partial charge in [-0.2, -0.15) is 0 Å². The zero-order valence-corrected chi connectivity index (χ0v) is 20.0. The first-order valence-corrected chi connectivity index (χ1v) is 11.9. The first-order chi connectivity index (χ1) is 18.2. The third-order valence-electron chi connectivity index (χ3n) is 6.61. The van der Waals surface area contributed by atoms with Crippen LogP contribution in [0.2, 0.25) is 0 Å². The van der Waals surface area contributed by atoms with Crippen LogP contribution >= 0.6 is 0 Å². The maximum atomic E-state index is 15.2. The summed E-state index contributed by atoms with van der Waals surface area (Å²) in [5.74, 6) is -1.85. The molecule has 0 spiro atoms. The number of benzene rings is 1. The Morgan fingerprint density at radius 3 is 2.24 bits per heavy atom. The summed E-state index contributed by atoms with van der Waals surface area (Å²) < 4.78 is 48.9. The number of hydrogen-bond acceptors (Lipinski definition) is 7. The van der Waals surface area contributed by atoms with Crippen LogP contribution in [0.4, 0.5) is 29.3 Å². The van der Waals surface area contributed by atoms with Crippen molar-refractivity contribution >= 4 is 23.3 Å². The van der Waals surface area contributed by atoms with Crippen molar-refractivity contribution in [3.05, 3.63) is 69.5 Å². The summed E-state index contributed by atoms with van der Waals surface area (Å²) in [5, 5.41) is 0. The number of fused-ring (bicyclic) bond motifs is 1. The van der Waals surface area contributed by atoms with E-state index >= 15 is 4.39 Å². The van der Waals surface area contributed by atoms with E-state index in [0.29, 0.717) is 5.69 Å². The molecule has 1 amide bonds. The van der Waals surface area contributed by atoms with E-state index in [4.69, 9.17) is 4.74 Å². The molecular weight excluding hydrogens is 509 g/mol.